The molecule has 1 saturated carbocycles. The van der Waals surface area contributed by atoms with Crippen LogP contribution >= 0.6 is 0 Å². The summed E-state index contributed by atoms with van der Waals surface area (Å²) in [6.45, 7) is 5.28. The molecule has 1 aliphatic carbocycles. The van der Waals surface area contributed by atoms with Gasteiger partial charge in [-0.05, 0) is 48.9 Å². The Morgan fingerprint density at radius 1 is 1.40 bits per heavy atom. The Morgan fingerprint density at radius 2 is 2.15 bits per heavy atom. The zero-order valence-corrected chi connectivity index (χ0v) is 12.3. The molecular weight excluding hydrogens is 248 g/mol. The fraction of sp³-hybridized carbons (Fsp3) is 0.471. The minimum atomic E-state index is -0.0161. The Bertz CT molecular complexity index is 562. The van der Waals surface area contributed by atoms with Crippen LogP contribution in [0.5, 0.6) is 0 Å². The van der Waals surface area contributed by atoms with E-state index in [-0.39, 0.29) is 5.91 Å². The van der Waals surface area contributed by atoms with Crippen LogP contribution in [0, 0.1) is 24.2 Å². The van der Waals surface area contributed by atoms with Gasteiger partial charge < -0.3 is 11.1 Å². The largest absolute Gasteiger partial charge is 0.351 e. The van der Waals surface area contributed by atoms with E-state index in [0.717, 1.165) is 17.7 Å². The molecule has 0 bridgehead atoms. The molecule has 0 aromatic heterocycles. The molecule has 1 amide bonds. The SMILES string of the molecule is Cc1cc(C#CCN)cc(C(=O)NCC2(C)CCC2)c1. The summed E-state index contributed by atoms with van der Waals surface area (Å²) in [4.78, 5) is 12.2. The number of carbonyl (C=O) groups excluding carboxylic acids is 1. The summed E-state index contributed by atoms with van der Waals surface area (Å²) in [6, 6.07) is 5.69. The van der Waals surface area contributed by atoms with Gasteiger partial charge in [0.05, 0.1) is 6.54 Å². The molecule has 3 N–H and O–H groups in total. The van der Waals surface area contributed by atoms with Crippen molar-refractivity contribution in [2.45, 2.75) is 33.1 Å². The zero-order valence-electron chi connectivity index (χ0n) is 12.3. The number of benzene rings is 1. The molecule has 2 rings (SSSR count). The third-order valence-corrected chi connectivity index (χ3v) is 3.91. The highest BCUT2D eigenvalue weighted by Crippen LogP contribution is 2.39. The number of hydrogen-bond acceptors (Lipinski definition) is 2. The lowest BCUT2D eigenvalue weighted by Crippen LogP contribution is -2.39. The number of carbonyl (C=O) groups is 1. The minimum absolute atomic E-state index is 0.0161. The van der Waals surface area contributed by atoms with E-state index < -0.39 is 0 Å². The van der Waals surface area contributed by atoms with Gasteiger partial charge in [0.2, 0.25) is 0 Å². The van der Waals surface area contributed by atoms with Crippen molar-refractivity contribution in [2.24, 2.45) is 11.1 Å². The summed E-state index contributed by atoms with van der Waals surface area (Å²) in [5, 5.41) is 3.04. The van der Waals surface area contributed by atoms with Crippen LogP contribution in [0.25, 0.3) is 0 Å². The lowest BCUT2D eigenvalue weighted by molar-refractivity contribution is 0.0890. The van der Waals surface area contributed by atoms with Crippen molar-refractivity contribution >= 4 is 5.91 Å². The average Bonchev–Trinajstić information content (AvgIpc) is 2.39. The van der Waals surface area contributed by atoms with E-state index in [9.17, 15) is 4.79 Å². The lowest BCUT2D eigenvalue weighted by atomic mass is 9.70. The van der Waals surface area contributed by atoms with E-state index in [4.69, 9.17) is 5.73 Å². The molecule has 106 valence electrons. The quantitative estimate of drug-likeness (QED) is 0.828. The van der Waals surface area contributed by atoms with E-state index in [1.54, 1.807) is 0 Å². The topological polar surface area (TPSA) is 55.1 Å². The predicted octanol–water partition coefficient (Wildman–Crippen LogP) is 2.23. The van der Waals surface area contributed by atoms with Crippen molar-refractivity contribution in [1.29, 1.82) is 0 Å². The third kappa shape index (κ3) is 3.61. The van der Waals surface area contributed by atoms with Crippen LogP contribution in [0.2, 0.25) is 0 Å². The summed E-state index contributed by atoms with van der Waals surface area (Å²) in [6.07, 6.45) is 3.68. The molecule has 1 aliphatic rings. The molecule has 0 aliphatic heterocycles. The van der Waals surface area contributed by atoms with Gasteiger partial charge in [-0.25, -0.2) is 0 Å². The van der Waals surface area contributed by atoms with Gasteiger partial charge in [0.15, 0.2) is 0 Å². The second-order valence-corrected chi connectivity index (χ2v) is 5.94. The van der Waals surface area contributed by atoms with Crippen molar-refractivity contribution in [3.05, 3.63) is 34.9 Å². The Balaban J connectivity index is 2.06. The first-order valence-corrected chi connectivity index (χ1v) is 7.11. The number of nitrogens with one attached hydrogen (secondary N) is 1. The van der Waals surface area contributed by atoms with Gasteiger partial charge in [-0.2, -0.15) is 0 Å². The maximum Gasteiger partial charge on any atom is 0.251 e. The lowest BCUT2D eigenvalue weighted by Gasteiger charge is -2.38. The first-order valence-electron chi connectivity index (χ1n) is 7.11. The van der Waals surface area contributed by atoms with E-state index in [0.29, 0.717) is 17.5 Å². The summed E-state index contributed by atoms with van der Waals surface area (Å²) < 4.78 is 0. The highest BCUT2D eigenvalue weighted by atomic mass is 16.1. The first kappa shape index (κ1) is 14.6. The molecule has 0 atom stereocenters. The van der Waals surface area contributed by atoms with E-state index in [1.165, 1.54) is 19.3 Å². The molecule has 0 spiro atoms. The normalized spacial score (nSPS) is 15.8. The highest BCUT2D eigenvalue weighted by Gasteiger charge is 2.31. The molecular formula is C17H22N2O. The fourth-order valence-electron chi connectivity index (χ4n) is 2.49. The molecule has 0 radical (unpaired) electrons. The van der Waals surface area contributed by atoms with Crippen LogP contribution in [-0.2, 0) is 0 Å². The van der Waals surface area contributed by atoms with Crippen LogP contribution in [0.3, 0.4) is 0 Å². The van der Waals surface area contributed by atoms with Gasteiger partial charge in [-0.3, -0.25) is 4.79 Å². The van der Waals surface area contributed by atoms with Crippen LogP contribution in [0.4, 0.5) is 0 Å². The van der Waals surface area contributed by atoms with Crippen LogP contribution < -0.4 is 11.1 Å². The Kier molecular flexibility index (Phi) is 4.46. The highest BCUT2D eigenvalue weighted by molar-refractivity contribution is 5.94. The molecule has 0 heterocycles. The Labute approximate surface area is 120 Å². The van der Waals surface area contributed by atoms with Crippen LogP contribution in [0.15, 0.2) is 18.2 Å². The van der Waals surface area contributed by atoms with Gasteiger partial charge >= 0.3 is 0 Å². The van der Waals surface area contributed by atoms with Crippen molar-refractivity contribution in [1.82, 2.24) is 5.32 Å². The second-order valence-electron chi connectivity index (χ2n) is 5.94. The summed E-state index contributed by atoms with van der Waals surface area (Å²) >= 11 is 0. The van der Waals surface area contributed by atoms with Crippen molar-refractivity contribution < 1.29 is 4.79 Å². The standard InChI is InChI=1S/C17H22N2O/c1-13-9-14(5-3-8-18)11-15(10-13)16(20)19-12-17(2)6-4-7-17/h9-11H,4,6-8,12,18H2,1-2H3,(H,19,20). The van der Waals surface area contributed by atoms with E-state index >= 15 is 0 Å². The number of nitrogens with two attached hydrogens (primary N) is 1. The van der Waals surface area contributed by atoms with Gasteiger partial charge in [0.1, 0.15) is 0 Å². The fourth-order valence-corrected chi connectivity index (χ4v) is 2.49. The van der Waals surface area contributed by atoms with E-state index in [1.807, 2.05) is 25.1 Å². The van der Waals surface area contributed by atoms with E-state index in [2.05, 4.69) is 24.1 Å². The number of rotatable bonds is 3. The van der Waals surface area contributed by atoms with Gasteiger partial charge in [-0.1, -0.05) is 25.2 Å². The minimum Gasteiger partial charge on any atom is -0.351 e. The van der Waals surface area contributed by atoms with Crippen molar-refractivity contribution in [3.8, 4) is 11.8 Å². The maximum atomic E-state index is 12.2. The maximum absolute atomic E-state index is 12.2. The average molecular weight is 270 g/mol. The molecule has 1 aromatic rings. The summed E-state index contributed by atoms with van der Waals surface area (Å²) in [5.74, 6) is 5.78. The molecule has 0 unspecified atom stereocenters. The second kappa shape index (κ2) is 6.11. The van der Waals surface area contributed by atoms with Crippen LogP contribution in [-0.4, -0.2) is 19.0 Å². The summed E-state index contributed by atoms with van der Waals surface area (Å²) in [7, 11) is 0. The first-order chi connectivity index (χ1) is 9.52. The van der Waals surface area contributed by atoms with Gasteiger partial charge in [-0.15, -0.1) is 0 Å². The molecule has 3 heteroatoms. The molecule has 1 fully saturated rings. The Morgan fingerprint density at radius 3 is 2.75 bits per heavy atom. The third-order valence-electron chi connectivity index (χ3n) is 3.91. The van der Waals surface area contributed by atoms with Gasteiger partial charge in [0, 0.05) is 17.7 Å². The number of amides is 1. The molecule has 20 heavy (non-hydrogen) atoms. The summed E-state index contributed by atoms with van der Waals surface area (Å²) in [5.41, 5.74) is 8.22. The molecule has 3 nitrogen and oxygen atoms in total. The molecule has 0 saturated heterocycles. The smallest absolute Gasteiger partial charge is 0.251 e. The predicted molar refractivity (Wildman–Crippen MR) is 81.4 cm³/mol. The number of aryl methyl sites for hydroxylation is 1. The van der Waals surface area contributed by atoms with Gasteiger partial charge in [0.25, 0.3) is 5.91 Å². The Hall–Kier alpha value is -1.79. The molecule has 1 aromatic carbocycles. The monoisotopic (exact) mass is 270 g/mol. The van der Waals surface area contributed by atoms with Crippen molar-refractivity contribution in [3.63, 3.8) is 0 Å². The van der Waals surface area contributed by atoms with Crippen molar-refractivity contribution in [2.75, 3.05) is 13.1 Å². The zero-order chi connectivity index (χ0) is 14.6. The number of hydrogen-bond donors (Lipinski definition) is 2. The van der Waals surface area contributed by atoms with Crippen LogP contribution in [0.1, 0.15) is 47.7 Å².